The smallest absolute Gasteiger partial charge is 0.284 e. The lowest BCUT2D eigenvalue weighted by atomic mass is 10.2. The first-order valence-corrected chi connectivity index (χ1v) is 9.07. The van der Waals surface area contributed by atoms with Crippen LogP contribution in [0.2, 0.25) is 0 Å². The number of allylic oxidation sites excluding steroid dienone is 1. The minimum Gasteiger partial charge on any atom is -0.331 e. The molecule has 0 aliphatic rings. The summed E-state index contributed by atoms with van der Waals surface area (Å²) >= 11 is 0. The largest absolute Gasteiger partial charge is 0.331 e. The Morgan fingerprint density at radius 2 is 2.09 bits per heavy atom. The van der Waals surface area contributed by atoms with Gasteiger partial charge in [-0.2, -0.15) is 12.7 Å². The number of hydrogen-bond acceptors (Lipinski definition) is 5. The van der Waals surface area contributed by atoms with Gasteiger partial charge in [0.1, 0.15) is 0 Å². The highest BCUT2D eigenvalue weighted by molar-refractivity contribution is 7.86. The Morgan fingerprint density at radius 3 is 2.57 bits per heavy atom. The van der Waals surface area contributed by atoms with Crippen molar-refractivity contribution < 1.29 is 12.7 Å². The normalized spacial score (nSPS) is 11.9. The number of para-hydroxylation sites is 1. The molecule has 126 valence electrons. The summed E-state index contributed by atoms with van der Waals surface area (Å²) in [5, 5.41) is 0. The van der Waals surface area contributed by atoms with E-state index < -0.39 is 10.1 Å². The van der Waals surface area contributed by atoms with Crippen molar-refractivity contribution in [2.45, 2.75) is 25.8 Å². The van der Waals surface area contributed by atoms with Gasteiger partial charge >= 0.3 is 0 Å². The first-order chi connectivity index (χ1) is 11.0. The van der Waals surface area contributed by atoms with Gasteiger partial charge in [-0.05, 0) is 18.6 Å². The Morgan fingerprint density at radius 1 is 1.39 bits per heavy atom. The van der Waals surface area contributed by atoms with E-state index in [1.54, 1.807) is 30.5 Å². The summed E-state index contributed by atoms with van der Waals surface area (Å²) in [7, 11) is -3.43. The van der Waals surface area contributed by atoms with E-state index in [-0.39, 0.29) is 0 Å². The maximum atomic E-state index is 10.5. The zero-order valence-electron chi connectivity index (χ0n) is 13.4. The van der Waals surface area contributed by atoms with E-state index in [2.05, 4.69) is 32.8 Å². The minimum absolute atomic E-state index is 0.419. The van der Waals surface area contributed by atoms with Gasteiger partial charge in [0, 0.05) is 12.4 Å². The van der Waals surface area contributed by atoms with Gasteiger partial charge in [0.05, 0.1) is 24.3 Å². The van der Waals surface area contributed by atoms with Crippen LogP contribution in [0.5, 0.6) is 0 Å². The third kappa shape index (κ3) is 8.18. The average Bonchev–Trinajstić information content (AvgIpc) is 3.06. The second-order valence-electron chi connectivity index (χ2n) is 4.86. The highest BCUT2D eigenvalue weighted by Gasteiger charge is 2.02. The monoisotopic (exact) mass is 337 g/mol. The van der Waals surface area contributed by atoms with E-state index in [1.165, 1.54) is 6.42 Å². The fraction of sp³-hybridized carbons (Fsp3) is 0.312. The van der Waals surface area contributed by atoms with E-state index in [0.29, 0.717) is 11.7 Å². The average molecular weight is 337 g/mol. The van der Waals surface area contributed by atoms with Gasteiger partial charge in [-0.15, -0.1) is 6.58 Å². The van der Waals surface area contributed by atoms with Crippen molar-refractivity contribution in [2.75, 3.05) is 11.7 Å². The zero-order valence-corrected chi connectivity index (χ0v) is 14.2. The molecule has 1 aromatic heterocycles. The lowest BCUT2D eigenvalue weighted by Crippen LogP contribution is -2.08. The molecule has 23 heavy (non-hydrogen) atoms. The number of nitrogens with one attached hydrogen (secondary N) is 1. The van der Waals surface area contributed by atoms with Gasteiger partial charge in [-0.3, -0.25) is 0 Å². The van der Waals surface area contributed by atoms with Gasteiger partial charge in [0.15, 0.2) is 0 Å². The van der Waals surface area contributed by atoms with Crippen LogP contribution in [-0.4, -0.2) is 24.2 Å². The van der Waals surface area contributed by atoms with E-state index in [0.717, 1.165) is 12.7 Å². The van der Waals surface area contributed by atoms with Crippen molar-refractivity contribution in [2.24, 2.45) is 0 Å². The summed E-state index contributed by atoms with van der Waals surface area (Å²) in [6, 6.07) is 9.19. The molecule has 0 aliphatic carbocycles. The molecule has 1 heterocycles. The first kappa shape index (κ1) is 18.9. The van der Waals surface area contributed by atoms with E-state index in [9.17, 15) is 8.42 Å². The molecule has 6 nitrogen and oxygen atoms in total. The Kier molecular flexibility index (Phi) is 8.07. The van der Waals surface area contributed by atoms with Gasteiger partial charge in [0.2, 0.25) is 0 Å². The summed E-state index contributed by atoms with van der Waals surface area (Å²) in [4.78, 5) is 3.99. The molecule has 1 unspecified atom stereocenters. The summed E-state index contributed by atoms with van der Waals surface area (Å²) in [5.74, 6) is 0. The molecule has 0 bridgehead atoms. The van der Waals surface area contributed by atoms with Gasteiger partial charge < -0.3 is 4.57 Å². The molecule has 7 heteroatoms. The number of nitrogens with zero attached hydrogens (tertiary/aromatic N) is 2. The Balaban J connectivity index is 0.000000231. The topological polar surface area (TPSA) is 73.2 Å². The lowest BCUT2D eigenvalue weighted by Gasteiger charge is -2.11. The molecule has 2 aromatic rings. The fourth-order valence-electron chi connectivity index (χ4n) is 1.78. The highest BCUT2D eigenvalue weighted by atomic mass is 32.2. The molecule has 0 amide bonds. The molecule has 0 aliphatic heterocycles. The third-order valence-corrected chi connectivity index (χ3v) is 3.24. The Labute approximate surface area is 137 Å². The van der Waals surface area contributed by atoms with Crippen molar-refractivity contribution in [1.29, 1.82) is 0 Å². The summed E-state index contributed by atoms with van der Waals surface area (Å²) < 4.78 is 27.5. The van der Waals surface area contributed by atoms with E-state index in [4.69, 9.17) is 0 Å². The molecular weight excluding hydrogens is 314 g/mol. The number of imidazole rings is 1. The molecule has 0 saturated heterocycles. The molecule has 0 radical (unpaired) electrons. The Bertz CT molecular complexity index is 655. The van der Waals surface area contributed by atoms with Crippen LogP contribution >= 0.6 is 0 Å². The predicted octanol–water partition coefficient (Wildman–Crippen LogP) is 3.40. The van der Waals surface area contributed by atoms with Gasteiger partial charge in [-0.1, -0.05) is 37.6 Å². The summed E-state index contributed by atoms with van der Waals surface area (Å²) in [6.07, 6.45) is 10.9. The quantitative estimate of drug-likeness (QED) is 0.619. The number of hydrogen-bond donors (Lipinski definition) is 1. The highest BCUT2D eigenvalue weighted by Crippen LogP contribution is 2.13. The van der Waals surface area contributed by atoms with Crippen molar-refractivity contribution in [3.8, 4) is 0 Å². The number of benzene rings is 1. The van der Waals surface area contributed by atoms with Crippen LogP contribution in [0.1, 0.15) is 25.8 Å². The predicted molar refractivity (Wildman–Crippen MR) is 92.4 cm³/mol. The molecule has 2 rings (SSSR count). The van der Waals surface area contributed by atoms with Crippen LogP contribution in [0.4, 0.5) is 5.69 Å². The van der Waals surface area contributed by atoms with Crippen LogP contribution in [0.25, 0.3) is 0 Å². The summed E-state index contributed by atoms with van der Waals surface area (Å²) in [5.41, 5.74) is 2.90. The maximum absolute atomic E-state index is 10.5. The van der Waals surface area contributed by atoms with Crippen LogP contribution in [0.3, 0.4) is 0 Å². The van der Waals surface area contributed by atoms with E-state index >= 15 is 0 Å². The lowest BCUT2D eigenvalue weighted by molar-refractivity contribution is 0.396. The van der Waals surface area contributed by atoms with Gasteiger partial charge in [-0.25, -0.2) is 10.5 Å². The SMILES string of the molecule is C=CC(CCC)n1ccnc1.CS(=O)(=O)ONc1ccccc1. The second kappa shape index (κ2) is 9.81. The molecule has 1 atom stereocenters. The minimum atomic E-state index is -3.43. The molecule has 0 spiro atoms. The molecule has 0 fully saturated rings. The number of anilines is 1. The number of aromatic nitrogens is 2. The maximum Gasteiger partial charge on any atom is 0.284 e. The van der Waals surface area contributed by atoms with Crippen molar-refractivity contribution in [1.82, 2.24) is 9.55 Å². The van der Waals surface area contributed by atoms with Crippen LogP contribution in [0.15, 0.2) is 61.7 Å². The molecule has 1 N–H and O–H groups in total. The van der Waals surface area contributed by atoms with Crippen LogP contribution in [0, 0.1) is 0 Å². The van der Waals surface area contributed by atoms with Gasteiger partial charge in [0.25, 0.3) is 10.1 Å². The third-order valence-electron chi connectivity index (χ3n) is 2.85. The van der Waals surface area contributed by atoms with E-state index in [1.807, 2.05) is 24.7 Å². The van der Waals surface area contributed by atoms with Crippen molar-refractivity contribution in [3.05, 3.63) is 61.7 Å². The molecule has 1 aromatic carbocycles. The van der Waals surface area contributed by atoms with Crippen LogP contribution in [-0.2, 0) is 14.4 Å². The fourth-order valence-corrected chi connectivity index (χ4v) is 2.03. The van der Waals surface area contributed by atoms with Crippen molar-refractivity contribution in [3.63, 3.8) is 0 Å². The Hall–Kier alpha value is -2.12. The second-order valence-corrected chi connectivity index (χ2v) is 6.43. The molecule has 0 saturated carbocycles. The summed E-state index contributed by atoms with van der Waals surface area (Å²) in [6.45, 7) is 5.96. The first-order valence-electron chi connectivity index (χ1n) is 7.25. The standard InChI is InChI=1S/C9H14N2.C7H9NO3S/c1-3-5-9(4-2)11-7-6-10-8-11;1-12(9,10)11-8-7-5-3-2-4-6-7/h4,6-9H,2-3,5H2,1H3;2-6,8H,1H3. The number of rotatable bonds is 7. The van der Waals surface area contributed by atoms with Crippen molar-refractivity contribution >= 4 is 15.8 Å². The zero-order chi connectivity index (χ0) is 17.1. The molecular formula is C16H23N3O3S. The van der Waals surface area contributed by atoms with Crippen LogP contribution < -0.4 is 5.48 Å².